The molecule has 1 amide bonds. The standard InChI is InChI=1S/C15H16N4O7S/c16-11(14(21)22)7-18-13(20)9-3-1-8(2-4-9)10-5-6-19(27(17,25)26)12(10)15(23)24/h1-6,11H,7,16H2,(H,18,20)(H,21,22)(H,23,24)(H2,17,25,26). The van der Waals surface area contributed by atoms with Gasteiger partial charge in [0.2, 0.25) is 0 Å². The maximum absolute atomic E-state index is 12.0. The number of hydrogen-bond acceptors (Lipinski definition) is 6. The predicted octanol–water partition coefficient (Wildman–Crippen LogP) is -0.953. The molecular formula is C15H16N4O7S. The molecule has 1 aromatic heterocycles. The average molecular weight is 396 g/mol. The second-order valence-electron chi connectivity index (χ2n) is 5.46. The highest BCUT2D eigenvalue weighted by molar-refractivity contribution is 7.87. The van der Waals surface area contributed by atoms with E-state index in [2.05, 4.69) is 5.32 Å². The van der Waals surface area contributed by atoms with Crippen molar-refractivity contribution in [2.45, 2.75) is 6.04 Å². The Balaban J connectivity index is 2.28. The normalized spacial score (nSPS) is 12.4. The molecule has 1 unspecified atom stereocenters. The lowest BCUT2D eigenvalue weighted by atomic mass is 10.0. The third-order valence-electron chi connectivity index (χ3n) is 3.59. The zero-order valence-corrected chi connectivity index (χ0v) is 14.5. The molecule has 1 aromatic carbocycles. The van der Waals surface area contributed by atoms with Crippen molar-refractivity contribution >= 4 is 28.1 Å². The van der Waals surface area contributed by atoms with Gasteiger partial charge in [0.25, 0.3) is 5.91 Å². The van der Waals surface area contributed by atoms with Crippen LogP contribution in [0.25, 0.3) is 11.1 Å². The summed E-state index contributed by atoms with van der Waals surface area (Å²) in [7, 11) is -4.30. The quantitative estimate of drug-likeness (QED) is 0.395. The van der Waals surface area contributed by atoms with Crippen LogP contribution >= 0.6 is 0 Å². The Hall–Kier alpha value is -3.22. The molecule has 2 aromatic rings. The minimum Gasteiger partial charge on any atom is -0.480 e. The summed E-state index contributed by atoms with van der Waals surface area (Å²) in [4.78, 5) is 34.0. The maximum atomic E-state index is 12.0. The number of aliphatic carboxylic acids is 1. The van der Waals surface area contributed by atoms with Crippen LogP contribution in [0.4, 0.5) is 0 Å². The van der Waals surface area contributed by atoms with E-state index in [1.807, 2.05) is 0 Å². The number of aromatic nitrogens is 1. The molecule has 0 saturated carbocycles. The van der Waals surface area contributed by atoms with E-state index in [9.17, 15) is 27.9 Å². The molecule has 12 heteroatoms. The van der Waals surface area contributed by atoms with E-state index in [4.69, 9.17) is 16.0 Å². The molecule has 1 atom stereocenters. The van der Waals surface area contributed by atoms with E-state index in [0.29, 0.717) is 9.54 Å². The molecule has 144 valence electrons. The molecule has 0 aliphatic heterocycles. The molecule has 27 heavy (non-hydrogen) atoms. The molecule has 0 bridgehead atoms. The van der Waals surface area contributed by atoms with Gasteiger partial charge in [0.05, 0.1) is 0 Å². The number of aromatic carboxylic acids is 1. The van der Waals surface area contributed by atoms with Gasteiger partial charge in [0, 0.05) is 23.9 Å². The van der Waals surface area contributed by atoms with E-state index in [1.54, 1.807) is 0 Å². The minimum absolute atomic E-state index is 0.0939. The molecule has 0 radical (unpaired) electrons. The van der Waals surface area contributed by atoms with E-state index >= 15 is 0 Å². The van der Waals surface area contributed by atoms with Gasteiger partial charge < -0.3 is 21.3 Å². The molecule has 0 fully saturated rings. The van der Waals surface area contributed by atoms with Crippen molar-refractivity contribution in [3.8, 4) is 11.1 Å². The van der Waals surface area contributed by atoms with E-state index in [0.717, 1.165) is 6.20 Å². The van der Waals surface area contributed by atoms with Crippen LogP contribution in [0.2, 0.25) is 0 Å². The Labute approximate surface area is 153 Å². The van der Waals surface area contributed by atoms with Gasteiger partial charge in [0.15, 0.2) is 5.69 Å². The number of carbonyl (C=O) groups excluding carboxylic acids is 1. The number of nitrogens with zero attached hydrogens (tertiary/aromatic N) is 1. The highest BCUT2D eigenvalue weighted by atomic mass is 32.2. The lowest BCUT2D eigenvalue weighted by molar-refractivity contribution is -0.138. The number of carbonyl (C=O) groups is 3. The minimum atomic E-state index is -4.30. The Morgan fingerprint density at radius 1 is 1.11 bits per heavy atom. The second-order valence-corrected chi connectivity index (χ2v) is 6.88. The molecular weight excluding hydrogens is 380 g/mol. The molecule has 1 heterocycles. The fourth-order valence-electron chi connectivity index (χ4n) is 2.26. The molecule has 0 aliphatic rings. The van der Waals surface area contributed by atoms with Crippen LogP contribution in [0, 0.1) is 0 Å². The van der Waals surface area contributed by atoms with Crippen molar-refractivity contribution in [3.05, 3.63) is 47.8 Å². The smallest absolute Gasteiger partial charge is 0.354 e. The van der Waals surface area contributed by atoms with Crippen LogP contribution in [0.3, 0.4) is 0 Å². The first kappa shape index (κ1) is 20.1. The van der Waals surface area contributed by atoms with Gasteiger partial charge in [-0.25, -0.2) is 13.9 Å². The summed E-state index contributed by atoms with van der Waals surface area (Å²) in [5.41, 5.74) is 5.37. The van der Waals surface area contributed by atoms with Gasteiger partial charge in [-0.3, -0.25) is 9.59 Å². The zero-order valence-electron chi connectivity index (χ0n) is 13.7. The summed E-state index contributed by atoms with van der Waals surface area (Å²) >= 11 is 0. The molecule has 0 spiro atoms. The van der Waals surface area contributed by atoms with Crippen LogP contribution in [-0.2, 0) is 15.0 Å². The molecule has 11 nitrogen and oxygen atoms in total. The first-order valence-electron chi connectivity index (χ1n) is 7.37. The predicted molar refractivity (Wildman–Crippen MR) is 93.3 cm³/mol. The van der Waals surface area contributed by atoms with Gasteiger partial charge in [-0.1, -0.05) is 12.1 Å². The van der Waals surface area contributed by atoms with Crippen molar-refractivity contribution in [1.29, 1.82) is 0 Å². The Kier molecular flexibility index (Phi) is 5.64. The maximum Gasteiger partial charge on any atom is 0.354 e. The largest absolute Gasteiger partial charge is 0.480 e. The molecule has 0 saturated heterocycles. The fourth-order valence-corrected chi connectivity index (χ4v) is 2.92. The Bertz CT molecular complexity index is 996. The van der Waals surface area contributed by atoms with Crippen molar-refractivity contribution in [1.82, 2.24) is 9.29 Å². The number of nitrogens with one attached hydrogen (secondary N) is 1. The number of rotatable bonds is 7. The number of nitrogens with two attached hydrogens (primary N) is 2. The van der Waals surface area contributed by atoms with Crippen LogP contribution in [0.5, 0.6) is 0 Å². The van der Waals surface area contributed by atoms with Gasteiger partial charge in [-0.05, 0) is 23.8 Å². The number of carboxylic acid groups (broad SMARTS) is 2. The number of hydrogen-bond donors (Lipinski definition) is 5. The van der Waals surface area contributed by atoms with Crippen LogP contribution < -0.4 is 16.2 Å². The van der Waals surface area contributed by atoms with E-state index in [-0.39, 0.29) is 17.7 Å². The van der Waals surface area contributed by atoms with Gasteiger partial charge in [-0.2, -0.15) is 8.42 Å². The highest BCUT2D eigenvalue weighted by Gasteiger charge is 2.23. The van der Waals surface area contributed by atoms with Crippen LogP contribution in [0.1, 0.15) is 20.8 Å². The van der Waals surface area contributed by atoms with Crippen molar-refractivity contribution in [2.75, 3.05) is 6.54 Å². The summed E-state index contributed by atoms with van der Waals surface area (Å²) < 4.78 is 23.4. The summed E-state index contributed by atoms with van der Waals surface area (Å²) in [6.07, 6.45) is 1.02. The number of amides is 1. The first-order chi connectivity index (χ1) is 12.5. The van der Waals surface area contributed by atoms with Crippen LogP contribution in [-0.4, -0.2) is 53.0 Å². The third-order valence-corrected chi connectivity index (χ3v) is 4.44. The van der Waals surface area contributed by atoms with Crippen molar-refractivity contribution in [2.24, 2.45) is 10.9 Å². The summed E-state index contributed by atoms with van der Waals surface area (Å²) in [6, 6.07) is 5.61. The highest BCUT2D eigenvalue weighted by Crippen LogP contribution is 2.26. The monoisotopic (exact) mass is 396 g/mol. The number of benzene rings is 1. The second kappa shape index (κ2) is 7.57. The zero-order chi connectivity index (χ0) is 20.4. The van der Waals surface area contributed by atoms with Gasteiger partial charge in [-0.15, -0.1) is 0 Å². The Morgan fingerprint density at radius 2 is 1.70 bits per heavy atom. The topological polar surface area (TPSA) is 195 Å². The van der Waals surface area contributed by atoms with Crippen molar-refractivity contribution < 1.29 is 33.0 Å². The van der Waals surface area contributed by atoms with E-state index < -0.39 is 39.8 Å². The summed E-state index contributed by atoms with van der Waals surface area (Å²) in [6.45, 7) is -0.268. The van der Waals surface area contributed by atoms with Gasteiger partial charge in [0.1, 0.15) is 6.04 Å². The van der Waals surface area contributed by atoms with Crippen LogP contribution in [0.15, 0.2) is 36.5 Å². The Morgan fingerprint density at radius 3 is 2.19 bits per heavy atom. The van der Waals surface area contributed by atoms with Gasteiger partial charge >= 0.3 is 22.1 Å². The average Bonchev–Trinajstić information content (AvgIpc) is 3.05. The molecule has 2 rings (SSSR count). The SMILES string of the molecule is NC(CNC(=O)c1ccc(-c2ccn(S(N)(=O)=O)c2C(=O)O)cc1)C(=O)O. The molecule has 7 N–H and O–H groups in total. The lowest BCUT2D eigenvalue weighted by Gasteiger charge is -2.09. The van der Waals surface area contributed by atoms with Crippen molar-refractivity contribution in [3.63, 3.8) is 0 Å². The summed E-state index contributed by atoms with van der Waals surface area (Å²) in [5.74, 6) is -3.32. The van der Waals surface area contributed by atoms with E-state index in [1.165, 1.54) is 30.3 Å². The lowest BCUT2D eigenvalue weighted by Crippen LogP contribution is -2.42. The number of carboxylic acids is 2. The summed E-state index contributed by atoms with van der Waals surface area (Å²) in [5, 5.41) is 25.3. The molecule has 0 aliphatic carbocycles. The fraction of sp³-hybridized carbons (Fsp3) is 0.133. The first-order valence-corrected chi connectivity index (χ1v) is 8.87. The third kappa shape index (κ3) is 4.49.